The van der Waals surface area contributed by atoms with Crippen LogP contribution in [0.25, 0.3) is 0 Å². The normalized spacial score (nSPS) is 14.3. The number of primary amides is 1. The number of nitrogens with one attached hydrogen (secondary N) is 1. The van der Waals surface area contributed by atoms with Crippen molar-refractivity contribution in [3.63, 3.8) is 0 Å². The molecule has 2 aromatic heterocycles. The third kappa shape index (κ3) is 4.07. The number of pyridine rings is 1. The molecule has 0 aliphatic carbocycles. The van der Waals surface area contributed by atoms with E-state index in [1.165, 1.54) is 11.3 Å². The number of urea groups is 1. The van der Waals surface area contributed by atoms with Gasteiger partial charge in [-0.15, -0.1) is 10.2 Å². The molecule has 0 atom stereocenters. The molecule has 0 unspecified atom stereocenters. The third-order valence-corrected chi connectivity index (χ3v) is 5.19. The number of nitrogens with zero attached hydrogens (tertiary/aromatic N) is 5. The maximum atomic E-state index is 12.3. The largest absolute Gasteiger partial charge is 0.365 e. The van der Waals surface area contributed by atoms with E-state index in [4.69, 9.17) is 5.73 Å². The van der Waals surface area contributed by atoms with Crippen LogP contribution in [0.2, 0.25) is 0 Å². The first-order chi connectivity index (χ1) is 12.6. The molecule has 26 heavy (non-hydrogen) atoms. The Morgan fingerprint density at radius 3 is 2.62 bits per heavy atom. The van der Waals surface area contributed by atoms with Gasteiger partial charge in [0, 0.05) is 32.4 Å². The Labute approximate surface area is 155 Å². The van der Waals surface area contributed by atoms with Crippen molar-refractivity contribution in [1.82, 2.24) is 25.4 Å². The zero-order chi connectivity index (χ0) is 18.5. The van der Waals surface area contributed by atoms with Crippen LogP contribution in [0.5, 0.6) is 0 Å². The number of anilines is 1. The van der Waals surface area contributed by atoms with Gasteiger partial charge in [-0.1, -0.05) is 18.3 Å². The van der Waals surface area contributed by atoms with E-state index in [2.05, 4.69) is 20.5 Å². The molecule has 3 amide bonds. The summed E-state index contributed by atoms with van der Waals surface area (Å²) < 4.78 is 0. The smallest absolute Gasteiger partial charge is 0.317 e. The molecule has 0 aromatic carbocycles. The minimum Gasteiger partial charge on any atom is -0.365 e. The Kier molecular flexibility index (Phi) is 5.61. The number of nitrogens with two attached hydrogens (primary N) is 1. The summed E-state index contributed by atoms with van der Waals surface area (Å²) in [7, 11) is 0. The first-order valence-electron chi connectivity index (χ1n) is 8.42. The van der Waals surface area contributed by atoms with Gasteiger partial charge in [0.2, 0.25) is 0 Å². The molecule has 0 saturated carbocycles. The number of hydrogen-bond acceptors (Lipinski definition) is 7. The van der Waals surface area contributed by atoms with Crippen LogP contribution in [-0.2, 0) is 13.0 Å². The van der Waals surface area contributed by atoms with Crippen molar-refractivity contribution >= 4 is 29.1 Å². The third-order valence-electron chi connectivity index (χ3n) is 4.12. The lowest BCUT2D eigenvalue weighted by molar-refractivity contribution is 0.1000. The molecule has 3 N–H and O–H groups in total. The fraction of sp³-hybridized carbons (Fsp3) is 0.438. The highest BCUT2D eigenvalue weighted by Gasteiger charge is 2.24. The molecule has 3 heterocycles. The molecular formula is C16H21N7O2S. The van der Waals surface area contributed by atoms with Crippen molar-refractivity contribution in [1.29, 1.82) is 0 Å². The minimum absolute atomic E-state index is 0.131. The Morgan fingerprint density at radius 2 is 1.96 bits per heavy atom. The summed E-state index contributed by atoms with van der Waals surface area (Å²) in [6, 6.07) is 3.22. The quantitative estimate of drug-likeness (QED) is 0.791. The second-order valence-electron chi connectivity index (χ2n) is 5.81. The van der Waals surface area contributed by atoms with Crippen molar-refractivity contribution in [3.8, 4) is 0 Å². The van der Waals surface area contributed by atoms with Gasteiger partial charge in [-0.2, -0.15) is 0 Å². The van der Waals surface area contributed by atoms with Crippen LogP contribution >= 0.6 is 11.3 Å². The number of rotatable bonds is 5. The Morgan fingerprint density at radius 1 is 1.23 bits per heavy atom. The van der Waals surface area contributed by atoms with E-state index in [1.807, 2.05) is 11.8 Å². The molecule has 10 heteroatoms. The number of amides is 3. The molecule has 9 nitrogen and oxygen atoms in total. The van der Waals surface area contributed by atoms with E-state index in [9.17, 15) is 9.59 Å². The van der Waals surface area contributed by atoms with E-state index in [0.29, 0.717) is 44.1 Å². The summed E-state index contributed by atoms with van der Waals surface area (Å²) in [5.41, 5.74) is 5.81. The Bertz CT molecular complexity index is 786. The Hall–Kier alpha value is -2.75. The molecule has 0 radical (unpaired) electrons. The summed E-state index contributed by atoms with van der Waals surface area (Å²) in [6.07, 6.45) is 2.47. The lowest BCUT2D eigenvalue weighted by Crippen LogP contribution is -2.52. The van der Waals surface area contributed by atoms with E-state index in [-0.39, 0.29) is 6.03 Å². The van der Waals surface area contributed by atoms with Crippen LogP contribution in [0.3, 0.4) is 0 Å². The van der Waals surface area contributed by atoms with Crippen LogP contribution in [0.15, 0.2) is 18.3 Å². The van der Waals surface area contributed by atoms with Crippen molar-refractivity contribution in [3.05, 3.63) is 33.9 Å². The van der Waals surface area contributed by atoms with Crippen LogP contribution in [0.4, 0.5) is 10.6 Å². The van der Waals surface area contributed by atoms with E-state index < -0.39 is 5.91 Å². The second kappa shape index (κ2) is 8.09. The van der Waals surface area contributed by atoms with Crippen molar-refractivity contribution in [2.45, 2.75) is 19.9 Å². The molecular weight excluding hydrogens is 354 g/mol. The summed E-state index contributed by atoms with van der Waals surface area (Å²) in [6.45, 7) is 4.65. The molecule has 138 valence electrons. The van der Waals surface area contributed by atoms with Crippen molar-refractivity contribution in [2.75, 3.05) is 31.1 Å². The summed E-state index contributed by atoms with van der Waals surface area (Å²) in [5, 5.41) is 12.7. The van der Waals surface area contributed by atoms with Gasteiger partial charge < -0.3 is 20.9 Å². The average Bonchev–Trinajstić information content (AvgIpc) is 3.14. The highest BCUT2D eigenvalue weighted by molar-refractivity contribution is 7.11. The number of carbonyl (C=O) groups excluding carboxylic acids is 2. The van der Waals surface area contributed by atoms with Gasteiger partial charge in [-0.05, 0) is 18.6 Å². The van der Waals surface area contributed by atoms with Gasteiger partial charge in [0.1, 0.15) is 15.8 Å². The second-order valence-corrected chi connectivity index (χ2v) is 6.96. The highest BCUT2D eigenvalue weighted by Crippen LogP contribution is 2.18. The summed E-state index contributed by atoms with van der Waals surface area (Å²) >= 11 is 1.51. The number of hydrogen-bond donors (Lipinski definition) is 2. The lowest BCUT2D eigenvalue weighted by Gasteiger charge is -2.35. The monoisotopic (exact) mass is 375 g/mol. The maximum absolute atomic E-state index is 12.3. The number of piperazine rings is 1. The fourth-order valence-corrected chi connectivity index (χ4v) is 3.45. The lowest BCUT2D eigenvalue weighted by atomic mass is 10.2. The molecule has 1 fully saturated rings. The zero-order valence-electron chi connectivity index (χ0n) is 14.5. The summed E-state index contributed by atoms with van der Waals surface area (Å²) in [5.74, 6) is 0.0674. The predicted octanol–water partition coefficient (Wildman–Crippen LogP) is 0.626. The van der Waals surface area contributed by atoms with Crippen LogP contribution in [0, 0.1) is 0 Å². The van der Waals surface area contributed by atoms with Crippen LogP contribution in [0.1, 0.15) is 27.3 Å². The van der Waals surface area contributed by atoms with Crippen molar-refractivity contribution in [2.24, 2.45) is 5.73 Å². The minimum atomic E-state index is -0.503. The Balaban J connectivity index is 1.53. The van der Waals surface area contributed by atoms with E-state index in [1.54, 1.807) is 23.2 Å². The van der Waals surface area contributed by atoms with Gasteiger partial charge in [0.25, 0.3) is 5.91 Å². The average molecular weight is 375 g/mol. The van der Waals surface area contributed by atoms with Crippen LogP contribution in [-0.4, -0.2) is 58.2 Å². The first-order valence-corrected chi connectivity index (χ1v) is 9.24. The molecule has 2 aromatic rings. The molecule has 3 rings (SSSR count). The highest BCUT2D eigenvalue weighted by atomic mass is 32.1. The van der Waals surface area contributed by atoms with Gasteiger partial charge in [0.05, 0.1) is 12.1 Å². The van der Waals surface area contributed by atoms with Crippen LogP contribution < -0.4 is 16.0 Å². The van der Waals surface area contributed by atoms with Gasteiger partial charge in [0.15, 0.2) is 0 Å². The predicted molar refractivity (Wildman–Crippen MR) is 98.1 cm³/mol. The van der Waals surface area contributed by atoms with E-state index in [0.717, 1.165) is 16.4 Å². The van der Waals surface area contributed by atoms with Crippen molar-refractivity contribution < 1.29 is 9.59 Å². The zero-order valence-corrected chi connectivity index (χ0v) is 15.3. The van der Waals surface area contributed by atoms with Gasteiger partial charge in [-0.3, -0.25) is 4.79 Å². The van der Waals surface area contributed by atoms with Gasteiger partial charge >= 0.3 is 6.03 Å². The SMILES string of the molecule is CCc1nnc(CNC(=O)N2CCN(c3ncccc3C(N)=O)CC2)s1. The number of carbonyl (C=O) groups is 2. The topological polar surface area (TPSA) is 117 Å². The van der Waals surface area contributed by atoms with E-state index >= 15 is 0 Å². The summed E-state index contributed by atoms with van der Waals surface area (Å²) in [4.78, 5) is 31.9. The molecule has 0 spiro atoms. The standard InChI is InChI=1S/C16H21N7O2S/c1-2-12-20-21-13(26-12)10-19-16(25)23-8-6-22(7-9-23)15-11(14(17)24)4-3-5-18-15/h3-5H,2,6-10H2,1H3,(H2,17,24)(H,19,25). The van der Waals surface area contributed by atoms with Gasteiger partial charge in [-0.25, -0.2) is 9.78 Å². The maximum Gasteiger partial charge on any atom is 0.317 e. The first kappa shape index (κ1) is 18.1. The number of aryl methyl sites for hydroxylation is 1. The molecule has 1 aliphatic rings. The number of aromatic nitrogens is 3. The molecule has 1 saturated heterocycles. The molecule has 1 aliphatic heterocycles. The molecule has 0 bridgehead atoms. The fourth-order valence-electron chi connectivity index (χ4n) is 2.73.